The molecule has 0 aromatic heterocycles. The van der Waals surface area contributed by atoms with Crippen LogP contribution in [0.3, 0.4) is 0 Å². The van der Waals surface area contributed by atoms with Gasteiger partial charge in [0.05, 0.1) is 0 Å². The summed E-state index contributed by atoms with van der Waals surface area (Å²) in [5, 5.41) is 0. The van der Waals surface area contributed by atoms with E-state index in [2.05, 4.69) is 0 Å². The van der Waals surface area contributed by atoms with Gasteiger partial charge in [0.1, 0.15) is 5.78 Å². The molecule has 1 fully saturated rings. The summed E-state index contributed by atoms with van der Waals surface area (Å²) in [5.41, 5.74) is 0.657. The van der Waals surface area contributed by atoms with Crippen LogP contribution in [0.2, 0.25) is 0 Å². The van der Waals surface area contributed by atoms with Crippen molar-refractivity contribution in [2.45, 2.75) is 32.1 Å². The van der Waals surface area contributed by atoms with Crippen molar-refractivity contribution in [2.24, 2.45) is 0 Å². The van der Waals surface area contributed by atoms with Gasteiger partial charge >= 0.3 is 0 Å². The molecule has 1 unspecified atom stereocenters. The number of hydrogen-bond donors (Lipinski definition) is 0. The van der Waals surface area contributed by atoms with Crippen LogP contribution in [0.15, 0.2) is 12.1 Å². The van der Waals surface area contributed by atoms with Gasteiger partial charge in [-0.15, -0.1) is 0 Å². The third-order valence-electron chi connectivity index (χ3n) is 2.99. The molecule has 15 heavy (non-hydrogen) atoms. The second-order valence-corrected chi connectivity index (χ2v) is 4.08. The van der Waals surface area contributed by atoms with Crippen LogP contribution in [0.5, 0.6) is 0 Å². The summed E-state index contributed by atoms with van der Waals surface area (Å²) in [7, 11) is 0. The molecule has 0 radical (unpaired) electrons. The van der Waals surface area contributed by atoms with E-state index in [-0.39, 0.29) is 11.7 Å². The molecule has 1 aromatic carbocycles. The predicted octanol–water partition coefficient (Wildman–Crippen LogP) is 3.11. The lowest BCUT2D eigenvalue weighted by molar-refractivity contribution is -0.117. The van der Waals surface area contributed by atoms with Crippen molar-refractivity contribution < 1.29 is 13.6 Å². The molecule has 0 aliphatic heterocycles. The van der Waals surface area contributed by atoms with Crippen molar-refractivity contribution in [3.8, 4) is 0 Å². The monoisotopic (exact) mass is 210 g/mol. The van der Waals surface area contributed by atoms with Gasteiger partial charge < -0.3 is 0 Å². The molecule has 0 saturated heterocycles. The van der Waals surface area contributed by atoms with E-state index in [4.69, 9.17) is 0 Å². The van der Waals surface area contributed by atoms with E-state index in [1.165, 1.54) is 6.92 Å². The normalized spacial score (nSPS) is 21.0. The highest BCUT2D eigenvalue weighted by atomic mass is 19.2. The Balaban J connectivity index is 2.37. The third-order valence-corrected chi connectivity index (χ3v) is 2.99. The van der Waals surface area contributed by atoms with Gasteiger partial charge in [-0.3, -0.25) is 4.79 Å². The van der Waals surface area contributed by atoms with E-state index < -0.39 is 11.6 Å². The summed E-state index contributed by atoms with van der Waals surface area (Å²) in [5.74, 6) is -1.56. The van der Waals surface area contributed by atoms with Crippen LogP contribution in [-0.4, -0.2) is 5.78 Å². The van der Waals surface area contributed by atoms with Gasteiger partial charge in [0.2, 0.25) is 0 Å². The molecule has 1 aromatic rings. The molecular formula is C12H12F2O. The Kier molecular flexibility index (Phi) is 2.55. The fourth-order valence-corrected chi connectivity index (χ4v) is 2.06. The number of halogens is 2. The van der Waals surface area contributed by atoms with Gasteiger partial charge in [0.25, 0.3) is 0 Å². The average Bonchev–Trinajstić information content (AvgIpc) is 2.61. The van der Waals surface area contributed by atoms with Crippen molar-refractivity contribution in [3.63, 3.8) is 0 Å². The van der Waals surface area contributed by atoms with Gasteiger partial charge in [-0.25, -0.2) is 8.78 Å². The lowest BCUT2D eigenvalue weighted by Gasteiger charge is -2.11. The van der Waals surface area contributed by atoms with Gasteiger partial charge in [-0.05, 0) is 30.4 Å². The second kappa shape index (κ2) is 3.72. The van der Waals surface area contributed by atoms with Gasteiger partial charge in [-0.1, -0.05) is 12.1 Å². The van der Waals surface area contributed by atoms with Gasteiger partial charge in [-0.2, -0.15) is 0 Å². The maximum atomic E-state index is 13.6. The first-order chi connectivity index (χ1) is 7.09. The predicted molar refractivity (Wildman–Crippen MR) is 52.7 cm³/mol. The van der Waals surface area contributed by atoms with E-state index in [1.807, 2.05) is 0 Å². The Bertz CT molecular complexity index is 412. The largest absolute Gasteiger partial charge is 0.300 e. The minimum absolute atomic E-state index is 0.132. The van der Waals surface area contributed by atoms with E-state index in [0.717, 1.165) is 0 Å². The molecule has 0 bridgehead atoms. The van der Waals surface area contributed by atoms with Crippen LogP contribution in [0, 0.1) is 18.6 Å². The number of carbonyl (C=O) groups excluding carboxylic acids is 1. The summed E-state index contributed by atoms with van der Waals surface area (Å²) in [6.07, 6.45) is 1.47. The zero-order valence-corrected chi connectivity index (χ0v) is 8.52. The first kappa shape index (κ1) is 10.3. The molecule has 2 rings (SSSR count). The Labute approximate surface area is 87.1 Å². The van der Waals surface area contributed by atoms with Crippen LogP contribution in [0.4, 0.5) is 8.78 Å². The van der Waals surface area contributed by atoms with Crippen LogP contribution >= 0.6 is 0 Å². The Morgan fingerprint density at radius 3 is 2.60 bits per heavy atom. The molecule has 1 nitrogen and oxygen atoms in total. The Morgan fingerprint density at radius 2 is 2.00 bits per heavy atom. The summed E-state index contributed by atoms with van der Waals surface area (Å²) in [6, 6.07) is 3.16. The molecule has 3 heteroatoms. The van der Waals surface area contributed by atoms with E-state index in [0.29, 0.717) is 30.4 Å². The summed E-state index contributed by atoms with van der Waals surface area (Å²) in [6.45, 7) is 1.53. The highest BCUT2D eigenvalue weighted by Gasteiger charge is 2.27. The molecule has 1 aliphatic rings. The minimum atomic E-state index is -0.785. The van der Waals surface area contributed by atoms with Crippen LogP contribution in [-0.2, 0) is 4.79 Å². The first-order valence-electron chi connectivity index (χ1n) is 5.06. The molecule has 1 aliphatic carbocycles. The lowest BCUT2D eigenvalue weighted by Crippen LogP contribution is -2.01. The molecule has 1 saturated carbocycles. The van der Waals surface area contributed by atoms with Crippen molar-refractivity contribution in [1.82, 2.24) is 0 Å². The molecule has 80 valence electrons. The molecule has 0 heterocycles. The molecule has 1 atom stereocenters. The molecule has 0 amide bonds. The third kappa shape index (κ3) is 1.78. The van der Waals surface area contributed by atoms with Crippen molar-refractivity contribution in [3.05, 3.63) is 34.9 Å². The molecule has 0 N–H and O–H groups in total. The SMILES string of the molecule is Cc1ccc(C2CCC(=O)C2)c(F)c1F. The summed E-state index contributed by atoms with van der Waals surface area (Å²) < 4.78 is 26.8. The maximum Gasteiger partial charge on any atom is 0.162 e. The molecular weight excluding hydrogens is 198 g/mol. The second-order valence-electron chi connectivity index (χ2n) is 4.08. The number of benzene rings is 1. The van der Waals surface area contributed by atoms with Crippen LogP contribution in [0.25, 0.3) is 0 Å². The lowest BCUT2D eigenvalue weighted by atomic mass is 9.96. The Hall–Kier alpha value is -1.25. The van der Waals surface area contributed by atoms with E-state index in [1.54, 1.807) is 12.1 Å². The first-order valence-corrected chi connectivity index (χ1v) is 5.06. The number of Topliss-reactive ketones (excluding diaryl/α,β-unsaturated/α-hetero) is 1. The van der Waals surface area contributed by atoms with Gasteiger partial charge in [0.15, 0.2) is 11.6 Å². The number of hydrogen-bond acceptors (Lipinski definition) is 1. The standard InChI is InChI=1S/C12H12F2O/c1-7-2-5-10(12(14)11(7)13)8-3-4-9(15)6-8/h2,5,8H,3-4,6H2,1H3. The summed E-state index contributed by atoms with van der Waals surface area (Å²) >= 11 is 0. The quantitative estimate of drug-likeness (QED) is 0.696. The zero-order valence-electron chi connectivity index (χ0n) is 8.52. The molecule has 0 spiro atoms. The summed E-state index contributed by atoms with van der Waals surface area (Å²) in [4.78, 5) is 11.1. The topological polar surface area (TPSA) is 17.1 Å². The average molecular weight is 210 g/mol. The van der Waals surface area contributed by atoms with Crippen molar-refractivity contribution >= 4 is 5.78 Å². The fraction of sp³-hybridized carbons (Fsp3) is 0.417. The maximum absolute atomic E-state index is 13.6. The number of carbonyl (C=O) groups is 1. The van der Waals surface area contributed by atoms with E-state index in [9.17, 15) is 13.6 Å². The van der Waals surface area contributed by atoms with E-state index >= 15 is 0 Å². The van der Waals surface area contributed by atoms with Crippen LogP contribution < -0.4 is 0 Å². The zero-order chi connectivity index (χ0) is 11.0. The fourth-order valence-electron chi connectivity index (χ4n) is 2.06. The van der Waals surface area contributed by atoms with Crippen molar-refractivity contribution in [1.29, 1.82) is 0 Å². The minimum Gasteiger partial charge on any atom is -0.300 e. The highest BCUT2D eigenvalue weighted by Crippen LogP contribution is 2.34. The Morgan fingerprint density at radius 1 is 1.27 bits per heavy atom. The number of rotatable bonds is 1. The van der Waals surface area contributed by atoms with Crippen LogP contribution in [0.1, 0.15) is 36.3 Å². The smallest absolute Gasteiger partial charge is 0.162 e. The van der Waals surface area contributed by atoms with Gasteiger partial charge in [0, 0.05) is 12.8 Å². The van der Waals surface area contributed by atoms with Crippen molar-refractivity contribution in [2.75, 3.05) is 0 Å². The highest BCUT2D eigenvalue weighted by molar-refractivity contribution is 5.81. The number of ketones is 1. The number of aryl methyl sites for hydroxylation is 1.